The highest BCUT2D eigenvalue weighted by molar-refractivity contribution is 7.16. The molecule has 0 amide bonds. The van der Waals surface area contributed by atoms with Crippen LogP contribution in [0.25, 0.3) is 10.6 Å². The average molecular weight is 306 g/mol. The molecule has 0 N–H and O–H groups in total. The fourth-order valence-corrected chi connectivity index (χ4v) is 4.85. The molecule has 4 rings (SSSR count). The van der Waals surface area contributed by atoms with E-state index < -0.39 is 0 Å². The fourth-order valence-electron chi connectivity index (χ4n) is 3.09. The summed E-state index contributed by atoms with van der Waals surface area (Å²) >= 11 is 3.55. The minimum atomic E-state index is 0.171. The number of morpholine rings is 1. The molecule has 106 valence electrons. The topological polar surface area (TPSA) is 25.4 Å². The van der Waals surface area contributed by atoms with E-state index in [2.05, 4.69) is 29.3 Å². The Balaban J connectivity index is 1.53. The van der Waals surface area contributed by atoms with Crippen LogP contribution >= 0.6 is 22.7 Å². The maximum absolute atomic E-state index is 6.04. The first-order chi connectivity index (χ1) is 9.79. The summed E-state index contributed by atoms with van der Waals surface area (Å²) in [6.07, 6.45) is 2.78. The predicted octanol–water partition coefficient (Wildman–Crippen LogP) is 3.72. The van der Waals surface area contributed by atoms with Crippen molar-refractivity contribution in [3.63, 3.8) is 0 Å². The van der Waals surface area contributed by atoms with Crippen molar-refractivity contribution in [3.8, 4) is 10.6 Å². The van der Waals surface area contributed by atoms with Gasteiger partial charge in [0.1, 0.15) is 11.1 Å². The van der Waals surface area contributed by atoms with Gasteiger partial charge >= 0.3 is 0 Å². The number of thiazole rings is 1. The number of fused-ring (bicyclic) bond motifs is 1. The van der Waals surface area contributed by atoms with Crippen LogP contribution in [-0.2, 0) is 4.74 Å². The van der Waals surface area contributed by atoms with E-state index in [1.165, 1.54) is 29.1 Å². The second-order valence-corrected chi connectivity index (χ2v) is 7.77. The maximum atomic E-state index is 6.04. The number of rotatable bonds is 2. The summed E-state index contributed by atoms with van der Waals surface area (Å²) in [4.78, 5) is 9.98. The number of hydrogen-bond donors (Lipinski definition) is 0. The van der Waals surface area contributed by atoms with E-state index in [-0.39, 0.29) is 6.10 Å². The van der Waals surface area contributed by atoms with Crippen LogP contribution in [0.1, 0.15) is 28.8 Å². The van der Waals surface area contributed by atoms with E-state index in [1.807, 2.05) is 11.3 Å². The van der Waals surface area contributed by atoms with Crippen molar-refractivity contribution in [2.45, 2.75) is 31.9 Å². The molecule has 2 unspecified atom stereocenters. The first-order valence-electron chi connectivity index (χ1n) is 7.17. The van der Waals surface area contributed by atoms with Gasteiger partial charge in [-0.25, -0.2) is 4.98 Å². The minimum absolute atomic E-state index is 0.171. The van der Waals surface area contributed by atoms with Crippen LogP contribution in [0.5, 0.6) is 0 Å². The van der Waals surface area contributed by atoms with Crippen LogP contribution in [0.4, 0.5) is 0 Å². The predicted molar refractivity (Wildman–Crippen MR) is 83.5 cm³/mol. The lowest BCUT2D eigenvalue weighted by atomic mass is 10.2. The number of nitrogens with zero attached hydrogens (tertiary/aromatic N) is 2. The first-order valence-corrected chi connectivity index (χ1v) is 8.87. The third-order valence-corrected chi connectivity index (χ3v) is 6.14. The Kier molecular flexibility index (Phi) is 3.38. The number of hydrogen-bond acceptors (Lipinski definition) is 5. The summed E-state index contributed by atoms with van der Waals surface area (Å²) in [6.45, 7) is 5.25. The van der Waals surface area contributed by atoms with E-state index in [4.69, 9.17) is 9.72 Å². The summed E-state index contributed by atoms with van der Waals surface area (Å²) < 4.78 is 6.04. The fraction of sp³-hybridized carbons (Fsp3) is 0.533. The van der Waals surface area contributed by atoms with Gasteiger partial charge in [0, 0.05) is 22.8 Å². The van der Waals surface area contributed by atoms with E-state index >= 15 is 0 Å². The van der Waals surface area contributed by atoms with Crippen molar-refractivity contribution in [3.05, 3.63) is 27.4 Å². The Hall–Kier alpha value is -0.750. The van der Waals surface area contributed by atoms with Crippen molar-refractivity contribution in [1.29, 1.82) is 0 Å². The zero-order valence-corrected chi connectivity index (χ0v) is 13.2. The van der Waals surface area contributed by atoms with Gasteiger partial charge in [-0.05, 0) is 38.4 Å². The van der Waals surface area contributed by atoms with Crippen LogP contribution in [0, 0.1) is 6.92 Å². The van der Waals surface area contributed by atoms with Gasteiger partial charge in [-0.3, -0.25) is 4.90 Å². The van der Waals surface area contributed by atoms with Crippen LogP contribution in [0.15, 0.2) is 17.5 Å². The summed E-state index contributed by atoms with van der Waals surface area (Å²) in [5.41, 5.74) is 1.11. The lowest BCUT2D eigenvalue weighted by Gasteiger charge is -2.34. The Bertz CT molecular complexity index is 607. The summed E-state index contributed by atoms with van der Waals surface area (Å²) in [5.74, 6) is 0. The Morgan fingerprint density at radius 2 is 2.35 bits per heavy atom. The van der Waals surface area contributed by atoms with Crippen LogP contribution < -0.4 is 0 Å². The smallest absolute Gasteiger partial charge is 0.124 e. The second kappa shape index (κ2) is 5.22. The molecule has 0 radical (unpaired) electrons. The van der Waals surface area contributed by atoms with Gasteiger partial charge in [0.15, 0.2) is 0 Å². The van der Waals surface area contributed by atoms with E-state index in [0.29, 0.717) is 6.04 Å². The highest BCUT2D eigenvalue weighted by atomic mass is 32.1. The molecule has 0 aliphatic carbocycles. The highest BCUT2D eigenvalue weighted by Gasteiger charge is 2.34. The van der Waals surface area contributed by atoms with Crippen LogP contribution in [-0.4, -0.2) is 35.6 Å². The normalized spacial score (nSPS) is 26.9. The number of aryl methyl sites for hydroxylation is 1. The molecule has 5 heteroatoms. The van der Waals surface area contributed by atoms with Crippen molar-refractivity contribution in [1.82, 2.24) is 9.88 Å². The van der Waals surface area contributed by atoms with Crippen molar-refractivity contribution in [2.24, 2.45) is 0 Å². The quantitative estimate of drug-likeness (QED) is 0.845. The molecule has 2 saturated heterocycles. The largest absolute Gasteiger partial charge is 0.368 e. The summed E-state index contributed by atoms with van der Waals surface area (Å²) in [5, 5.41) is 3.30. The molecular weight excluding hydrogens is 288 g/mol. The molecule has 2 aromatic heterocycles. The van der Waals surface area contributed by atoms with Gasteiger partial charge in [0.2, 0.25) is 0 Å². The molecule has 3 nitrogen and oxygen atoms in total. The zero-order valence-electron chi connectivity index (χ0n) is 11.5. The minimum Gasteiger partial charge on any atom is -0.368 e. The van der Waals surface area contributed by atoms with E-state index in [0.717, 1.165) is 23.9 Å². The van der Waals surface area contributed by atoms with Crippen molar-refractivity contribution in [2.75, 3.05) is 19.7 Å². The van der Waals surface area contributed by atoms with E-state index in [9.17, 15) is 0 Å². The second-order valence-electron chi connectivity index (χ2n) is 5.59. The third kappa shape index (κ3) is 2.33. The number of aromatic nitrogens is 1. The van der Waals surface area contributed by atoms with Crippen molar-refractivity contribution < 1.29 is 4.74 Å². The van der Waals surface area contributed by atoms with Gasteiger partial charge in [-0.2, -0.15) is 0 Å². The molecule has 2 fully saturated rings. The van der Waals surface area contributed by atoms with Gasteiger partial charge in [-0.1, -0.05) is 0 Å². The maximum Gasteiger partial charge on any atom is 0.124 e. The zero-order chi connectivity index (χ0) is 13.5. The Morgan fingerprint density at radius 3 is 3.20 bits per heavy atom. The summed E-state index contributed by atoms with van der Waals surface area (Å²) in [6, 6.07) is 4.98. The third-order valence-electron chi connectivity index (χ3n) is 4.18. The molecule has 2 aliphatic rings. The first kappa shape index (κ1) is 13.0. The molecule has 20 heavy (non-hydrogen) atoms. The lowest BCUT2D eigenvalue weighted by Crippen LogP contribution is -2.42. The lowest BCUT2D eigenvalue weighted by molar-refractivity contribution is -0.0502. The molecule has 0 bridgehead atoms. The molecule has 2 aromatic rings. The molecule has 2 aliphatic heterocycles. The van der Waals surface area contributed by atoms with Gasteiger partial charge in [0.25, 0.3) is 0 Å². The molecule has 0 saturated carbocycles. The number of thiophene rings is 1. The van der Waals surface area contributed by atoms with Gasteiger partial charge < -0.3 is 4.74 Å². The average Bonchev–Trinajstić information content (AvgIpc) is 3.17. The van der Waals surface area contributed by atoms with Crippen molar-refractivity contribution >= 4 is 22.7 Å². The standard InChI is InChI=1S/C15H18N2OS2/c1-10-4-5-14(20-10)12-9-19-15(16-12)13-7-17-6-2-3-11(17)8-18-13/h4-5,9,11,13H,2-3,6-8H2,1H3. The van der Waals surface area contributed by atoms with Gasteiger partial charge in [0.05, 0.1) is 17.2 Å². The Labute approximate surface area is 127 Å². The molecule has 0 spiro atoms. The summed E-state index contributed by atoms with van der Waals surface area (Å²) in [7, 11) is 0. The molecule has 0 aromatic carbocycles. The molecule has 4 heterocycles. The van der Waals surface area contributed by atoms with Crippen LogP contribution in [0.3, 0.4) is 0 Å². The SMILES string of the molecule is Cc1ccc(-c2csc(C3CN4CCCC4CO3)n2)s1. The van der Waals surface area contributed by atoms with Gasteiger partial charge in [-0.15, -0.1) is 22.7 Å². The number of ether oxygens (including phenoxy) is 1. The molecular formula is C15H18N2OS2. The molecule has 2 atom stereocenters. The van der Waals surface area contributed by atoms with Crippen LogP contribution in [0.2, 0.25) is 0 Å². The monoisotopic (exact) mass is 306 g/mol. The highest BCUT2D eigenvalue weighted by Crippen LogP contribution is 2.34. The van der Waals surface area contributed by atoms with E-state index in [1.54, 1.807) is 11.3 Å². The Morgan fingerprint density at radius 1 is 1.40 bits per heavy atom.